The molecule has 20 heavy (non-hydrogen) atoms. The van der Waals surface area contributed by atoms with E-state index >= 15 is 0 Å². The first-order chi connectivity index (χ1) is 9.54. The van der Waals surface area contributed by atoms with Crippen LogP contribution in [0.3, 0.4) is 0 Å². The van der Waals surface area contributed by atoms with E-state index < -0.39 is 9.84 Å². The molecule has 0 heterocycles. The molecule has 112 valence electrons. The second kappa shape index (κ2) is 6.61. The highest BCUT2D eigenvalue weighted by molar-refractivity contribution is 7.91. The molecule has 2 atom stereocenters. The van der Waals surface area contributed by atoms with Crippen molar-refractivity contribution in [1.29, 1.82) is 0 Å². The summed E-state index contributed by atoms with van der Waals surface area (Å²) in [6.45, 7) is 5.06. The molecule has 0 aliphatic heterocycles. The molecular formula is C16H25NO2S. The number of benzene rings is 1. The smallest absolute Gasteiger partial charge is 0.180 e. The number of anilines is 1. The van der Waals surface area contributed by atoms with E-state index in [9.17, 15) is 8.42 Å². The molecule has 0 saturated heterocycles. The van der Waals surface area contributed by atoms with E-state index in [1.54, 1.807) is 12.1 Å². The number of para-hydroxylation sites is 1. The maximum Gasteiger partial charge on any atom is 0.180 e. The normalized spacial score (nSPS) is 22.9. The van der Waals surface area contributed by atoms with E-state index in [1.165, 1.54) is 19.3 Å². The first kappa shape index (κ1) is 15.4. The zero-order valence-electron chi connectivity index (χ0n) is 12.4. The van der Waals surface area contributed by atoms with Crippen LogP contribution in [0.25, 0.3) is 0 Å². The van der Waals surface area contributed by atoms with Gasteiger partial charge in [-0.25, -0.2) is 8.42 Å². The fourth-order valence-corrected chi connectivity index (χ4v) is 4.55. The van der Waals surface area contributed by atoms with E-state index in [1.807, 2.05) is 19.1 Å². The Labute approximate surface area is 122 Å². The zero-order valence-corrected chi connectivity index (χ0v) is 13.2. The summed E-state index contributed by atoms with van der Waals surface area (Å²) in [5, 5.41) is 3.37. The summed E-state index contributed by atoms with van der Waals surface area (Å²) >= 11 is 0. The van der Waals surface area contributed by atoms with Gasteiger partial charge in [-0.05, 0) is 36.8 Å². The van der Waals surface area contributed by atoms with Crippen molar-refractivity contribution in [3.8, 4) is 0 Å². The molecule has 0 amide bonds. The van der Waals surface area contributed by atoms with Gasteiger partial charge in [0, 0.05) is 6.54 Å². The summed E-state index contributed by atoms with van der Waals surface area (Å²) in [6, 6.07) is 7.28. The highest BCUT2D eigenvalue weighted by atomic mass is 32.2. The summed E-state index contributed by atoms with van der Waals surface area (Å²) in [5.41, 5.74) is 0.764. The molecule has 0 aromatic heterocycles. The third kappa shape index (κ3) is 3.54. The van der Waals surface area contributed by atoms with Crippen LogP contribution in [0, 0.1) is 11.8 Å². The molecular weight excluding hydrogens is 270 g/mol. The van der Waals surface area contributed by atoms with E-state index in [-0.39, 0.29) is 5.75 Å². The first-order valence-electron chi connectivity index (χ1n) is 7.60. The summed E-state index contributed by atoms with van der Waals surface area (Å²) < 4.78 is 24.5. The lowest BCUT2D eigenvalue weighted by atomic mass is 9.98. The molecule has 1 aliphatic rings. The molecule has 1 fully saturated rings. The predicted molar refractivity (Wildman–Crippen MR) is 83.8 cm³/mol. The third-order valence-electron chi connectivity index (χ3n) is 4.29. The highest BCUT2D eigenvalue weighted by Gasteiger charge is 2.24. The SMILES string of the molecule is CCCS(=O)(=O)c1ccccc1NCC1CCCC1C. The average molecular weight is 295 g/mol. The molecule has 2 unspecified atom stereocenters. The molecule has 1 N–H and O–H groups in total. The van der Waals surface area contributed by atoms with Crippen LogP contribution in [-0.4, -0.2) is 20.7 Å². The minimum absolute atomic E-state index is 0.214. The summed E-state index contributed by atoms with van der Waals surface area (Å²) in [6.07, 6.45) is 4.49. The van der Waals surface area contributed by atoms with Crippen molar-refractivity contribution >= 4 is 15.5 Å². The van der Waals surface area contributed by atoms with Crippen molar-refractivity contribution in [3.05, 3.63) is 24.3 Å². The van der Waals surface area contributed by atoms with Crippen molar-refractivity contribution in [2.45, 2.75) is 44.4 Å². The van der Waals surface area contributed by atoms with E-state index in [0.29, 0.717) is 17.2 Å². The highest BCUT2D eigenvalue weighted by Crippen LogP contribution is 2.32. The van der Waals surface area contributed by atoms with Crippen LogP contribution in [0.4, 0.5) is 5.69 Å². The van der Waals surface area contributed by atoms with Gasteiger partial charge in [0.05, 0.1) is 16.3 Å². The summed E-state index contributed by atoms with van der Waals surface area (Å²) in [5.74, 6) is 1.62. The number of nitrogens with one attached hydrogen (secondary N) is 1. The van der Waals surface area contributed by atoms with Crippen LogP contribution in [0.2, 0.25) is 0 Å². The summed E-state index contributed by atoms with van der Waals surface area (Å²) in [4.78, 5) is 0.451. The van der Waals surface area contributed by atoms with Crippen molar-refractivity contribution in [3.63, 3.8) is 0 Å². The lowest BCUT2D eigenvalue weighted by Crippen LogP contribution is -2.18. The number of hydrogen-bond acceptors (Lipinski definition) is 3. The Balaban J connectivity index is 2.12. The Kier molecular flexibility index (Phi) is 5.08. The van der Waals surface area contributed by atoms with Gasteiger partial charge in [-0.3, -0.25) is 0 Å². The Morgan fingerprint density at radius 3 is 2.65 bits per heavy atom. The third-order valence-corrected chi connectivity index (χ3v) is 6.26. The van der Waals surface area contributed by atoms with Crippen molar-refractivity contribution in [2.75, 3.05) is 17.6 Å². The second-order valence-corrected chi connectivity index (χ2v) is 7.94. The average Bonchev–Trinajstić information content (AvgIpc) is 2.82. The van der Waals surface area contributed by atoms with Gasteiger partial charge < -0.3 is 5.32 Å². The quantitative estimate of drug-likeness (QED) is 0.870. The van der Waals surface area contributed by atoms with Crippen LogP contribution >= 0.6 is 0 Å². The van der Waals surface area contributed by atoms with Crippen LogP contribution in [0.5, 0.6) is 0 Å². The molecule has 1 aromatic rings. The first-order valence-corrected chi connectivity index (χ1v) is 9.25. The van der Waals surface area contributed by atoms with Gasteiger partial charge in [0.1, 0.15) is 0 Å². The Morgan fingerprint density at radius 1 is 1.25 bits per heavy atom. The minimum atomic E-state index is -3.16. The molecule has 1 aromatic carbocycles. The Bertz CT molecular complexity index is 539. The molecule has 4 heteroatoms. The fraction of sp³-hybridized carbons (Fsp3) is 0.625. The standard InChI is InChI=1S/C16H25NO2S/c1-3-11-20(18,19)16-10-5-4-9-15(16)17-12-14-8-6-7-13(14)2/h4-5,9-10,13-14,17H,3,6-8,11-12H2,1-2H3. The van der Waals surface area contributed by atoms with Crippen LogP contribution < -0.4 is 5.32 Å². The van der Waals surface area contributed by atoms with E-state index in [0.717, 1.165) is 18.2 Å². The molecule has 1 aliphatic carbocycles. The maximum absolute atomic E-state index is 12.3. The van der Waals surface area contributed by atoms with Crippen LogP contribution in [0.15, 0.2) is 29.2 Å². The van der Waals surface area contributed by atoms with Gasteiger partial charge in [0.15, 0.2) is 9.84 Å². The zero-order chi connectivity index (χ0) is 14.6. The van der Waals surface area contributed by atoms with Gasteiger partial charge in [-0.1, -0.05) is 38.8 Å². The Morgan fingerprint density at radius 2 is 2.00 bits per heavy atom. The van der Waals surface area contributed by atoms with Gasteiger partial charge >= 0.3 is 0 Å². The van der Waals surface area contributed by atoms with Gasteiger partial charge in [0.25, 0.3) is 0 Å². The summed E-state index contributed by atoms with van der Waals surface area (Å²) in [7, 11) is -3.16. The number of sulfone groups is 1. The van der Waals surface area contributed by atoms with Crippen LogP contribution in [-0.2, 0) is 9.84 Å². The van der Waals surface area contributed by atoms with Crippen molar-refractivity contribution in [1.82, 2.24) is 0 Å². The topological polar surface area (TPSA) is 46.2 Å². The Hall–Kier alpha value is -1.03. The second-order valence-electron chi connectivity index (χ2n) is 5.86. The molecule has 3 nitrogen and oxygen atoms in total. The largest absolute Gasteiger partial charge is 0.384 e. The monoisotopic (exact) mass is 295 g/mol. The van der Waals surface area contributed by atoms with E-state index in [2.05, 4.69) is 12.2 Å². The van der Waals surface area contributed by atoms with Crippen LogP contribution in [0.1, 0.15) is 39.5 Å². The van der Waals surface area contributed by atoms with Crippen molar-refractivity contribution in [2.24, 2.45) is 11.8 Å². The molecule has 0 bridgehead atoms. The molecule has 2 rings (SSSR count). The molecule has 0 spiro atoms. The lowest BCUT2D eigenvalue weighted by Gasteiger charge is -2.18. The fourth-order valence-electron chi connectivity index (χ4n) is 3.03. The van der Waals surface area contributed by atoms with Gasteiger partial charge in [0.2, 0.25) is 0 Å². The van der Waals surface area contributed by atoms with Gasteiger partial charge in [-0.2, -0.15) is 0 Å². The predicted octanol–water partition coefficient (Wildman–Crippen LogP) is 3.72. The van der Waals surface area contributed by atoms with Gasteiger partial charge in [-0.15, -0.1) is 0 Å². The maximum atomic E-state index is 12.3. The molecule has 1 saturated carbocycles. The minimum Gasteiger partial charge on any atom is -0.384 e. The number of hydrogen-bond donors (Lipinski definition) is 1. The van der Waals surface area contributed by atoms with E-state index in [4.69, 9.17) is 0 Å². The molecule has 0 radical (unpaired) electrons. The lowest BCUT2D eigenvalue weighted by molar-refractivity contribution is 0.439. The van der Waals surface area contributed by atoms with Crippen molar-refractivity contribution < 1.29 is 8.42 Å². The number of rotatable bonds is 6.